The van der Waals surface area contributed by atoms with E-state index in [0.29, 0.717) is 5.92 Å². The molecule has 1 aromatic heterocycles. The van der Waals surface area contributed by atoms with Crippen LogP contribution in [0.5, 0.6) is 0 Å². The minimum absolute atomic E-state index is 0.291. The average molecular weight is 317 g/mol. The molecule has 0 amide bonds. The molecule has 2 rings (SSSR count). The zero-order valence-corrected chi connectivity index (χ0v) is 12.7. The van der Waals surface area contributed by atoms with Crippen molar-refractivity contribution < 1.29 is 0 Å². The van der Waals surface area contributed by atoms with Gasteiger partial charge in [-0.3, -0.25) is 4.98 Å². The molecule has 0 saturated carbocycles. The largest absolute Gasteiger partial charge is 0.401 e. The van der Waals surface area contributed by atoms with Gasteiger partial charge < -0.3 is 5.73 Å². The van der Waals surface area contributed by atoms with Crippen molar-refractivity contribution in [3.8, 4) is 0 Å². The van der Waals surface area contributed by atoms with E-state index >= 15 is 0 Å². The molecule has 0 saturated heterocycles. The number of halogens is 1. The summed E-state index contributed by atoms with van der Waals surface area (Å²) < 4.78 is 1.06. The van der Waals surface area contributed by atoms with Crippen LogP contribution >= 0.6 is 15.9 Å². The van der Waals surface area contributed by atoms with Crippen molar-refractivity contribution in [3.05, 3.63) is 70.1 Å². The van der Waals surface area contributed by atoms with Crippen LogP contribution in [0.1, 0.15) is 25.0 Å². The van der Waals surface area contributed by atoms with Crippen molar-refractivity contribution in [1.82, 2.24) is 4.98 Å². The van der Waals surface area contributed by atoms with Crippen molar-refractivity contribution in [2.45, 2.75) is 13.8 Å². The molecule has 0 atom stereocenters. The smallest absolute Gasteiger partial charge is 0.0347 e. The summed E-state index contributed by atoms with van der Waals surface area (Å²) in [6, 6.07) is 12.2. The summed E-state index contributed by atoms with van der Waals surface area (Å²) in [6.45, 7) is 4.20. The highest BCUT2D eigenvalue weighted by Gasteiger charge is 2.12. The fourth-order valence-corrected chi connectivity index (χ4v) is 2.18. The van der Waals surface area contributed by atoms with Crippen LogP contribution in [0.25, 0.3) is 5.57 Å². The van der Waals surface area contributed by atoms with Gasteiger partial charge in [0.1, 0.15) is 0 Å². The van der Waals surface area contributed by atoms with Gasteiger partial charge >= 0.3 is 0 Å². The minimum Gasteiger partial charge on any atom is -0.401 e. The lowest BCUT2D eigenvalue weighted by Crippen LogP contribution is -2.09. The molecule has 2 aromatic rings. The van der Waals surface area contributed by atoms with Crippen molar-refractivity contribution in [2.75, 3.05) is 0 Å². The maximum absolute atomic E-state index is 6.30. The van der Waals surface area contributed by atoms with E-state index in [0.717, 1.165) is 26.9 Å². The lowest BCUT2D eigenvalue weighted by atomic mass is 9.93. The number of benzene rings is 1. The number of allylic oxidation sites excluding steroid dienone is 1. The quantitative estimate of drug-likeness (QED) is 0.920. The number of nitrogens with zero attached hydrogens (tertiary/aromatic N) is 1. The molecule has 2 N–H and O–H groups in total. The fourth-order valence-electron chi connectivity index (χ4n) is 1.92. The van der Waals surface area contributed by atoms with Gasteiger partial charge in [0.05, 0.1) is 0 Å². The van der Waals surface area contributed by atoms with Gasteiger partial charge in [0.2, 0.25) is 0 Å². The monoisotopic (exact) mass is 316 g/mol. The van der Waals surface area contributed by atoms with Gasteiger partial charge in [-0.05, 0) is 29.7 Å². The molecule has 19 heavy (non-hydrogen) atoms. The summed E-state index contributed by atoms with van der Waals surface area (Å²) in [5.41, 5.74) is 10.4. The molecule has 0 aliphatic carbocycles. The highest BCUT2D eigenvalue weighted by atomic mass is 79.9. The summed E-state index contributed by atoms with van der Waals surface area (Å²) >= 11 is 3.46. The molecule has 0 radical (unpaired) electrons. The van der Waals surface area contributed by atoms with Crippen LogP contribution < -0.4 is 5.73 Å². The van der Waals surface area contributed by atoms with Crippen LogP contribution in [0.2, 0.25) is 0 Å². The Hall–Kier alpha value is -1.61. The topological polar surface area (TPSA) is 38.9 Å². The number of hydrogen-bond acceptors (Lipinski definition) is 2. The standard InChI is InChI=1S/C16H17BrN2/c1-11(2)16(18)15(13-4-3-9-19-10-13)12-5-7-14(17)8-6-12/h3-11H,18H2,1-2H3. The maximum Gasteiger partial charge on any atom is 0.0347 e. The van der Waals surface area contributed by atoms with E-state index in [-0.39, 0.29) is 0 Å². The summed E-state index contributed by atoms with van der Waals surface area (Å²) in [4.78, 5) is 4.19. The van der Waals surface area contributed by atoms with Crippen molar-refractivity contribution >= 4 is 21.5 Å². The first-order valence-electron chi connectivity index (χ1n) is 6.25. The Labute approximate surface area is 122 Å². The predicted octanol–water partition coefficient (Wildman–Crippen LogP) is 4.22. The molecule has 2 nitrogen and oxygen atoms in total. The van der Waals surface area contributed by atoms with E-state index in [1.54, 1.807) is 6.20 Å². The zero-order chi connectivity index (χ0) is 13.8. The minimum atomic E-state index is 0.291. The van der Waals surface area contributed by atoms with Crippen molar-refractivity contribution in [3.63, 3.8) is 0 Å². The Morgan fingerprint density at radius 3 is 2.32 bits per heavy atom. The van der Waals surface area contributed by atoms with E-state index in [2.05, 4.69) is 46.9 Å². The van der Waals surface area contributed by atoms with E-state index < -0.39 is 0 Å². The Kier molecular flexibility index (Phi) is 4.38. The Morgan fingerprint density at radius 2 is 1.79 bits per heavy atom. The Balaban J connectivity index is 2.59. The van der Waals surface area contributed by atoms with Gasteiger partial charge in [-0.1, -0.05) is 48.0 Å². The maximum atomic E-state index is 6.30. The normalized spacial score (nSPS) is 12.4. The van der Waals surface area contributed by atoms with Crippen LogP contribution in [0, 0.1) is 5.92 Å². The second-order valence-electron chi connectivity index (χ2n) is 4.73. The van der Waals surface area contributed by atoms with Crippen LogP contribution in [0.15, 0.2) is 59.0 Å². The Morgan fingerprint density at radius 1 is 1.11 bits per heavy atom. The zero-order valence-electron chi connectivity index (χ0n) is 11.1. The molecule has 0 spiro atoms. The lowest BCUT2D eigenvalue weighted by Gasteiger charge is -2.15. The van der Waals surface area contributed by atoms with E-state index in [1.165, 1.54) is 0 Å². The summed E-state index contributed by atoms with van der Waals surface area (Å²) in [6.07, 6.45) is 3.63. The molecule has 1 heterocycles. The first kappa shape index (κ1) is 13.8. The number of rotatable bonds is 3. The second-order valence-corrected chi connectivity index (χ2v) is 5.65. The third-order valence-corrected chi connectivity index (χ3v) is 3.52. The molecule has 0 aliphatic rings. The van der Waals surface area contributed by atoms with Gasteiger partial charge in [-0.15, -0.1) is 0 Å². The molecule has 98 valence electrons. The van der Waals surface area contributed by atoms with Crippen LogP contribution in [0.4, 0.5) is 0 Å². The van der Waals surface area contributed by atoms with Gasteiger partial charge in [-0.25, -0.2) is 0 Å². The summed E-state index contributed by atoms with van der Waals surface area (Å²) in [5.74, 6) is 0.291. The fraction of sp³-hybridized carbons (Fsp3) is 0.188. The van der Waals surface area contributed by atoms with Crippen LogP contribution in [-0.2, 0) is 0 Å². The SMILES string of the molecule is CC(C)C(N)=C(c1ccc(Br)cc1)c1cccnc1. The third-order valence-electron chi connectivity index (χ3n) is 2.99. The first-order chi connectivity index (χ1) is 9.09. The first-order valence-corrected chi connectivity index (χ1v) is 7.05. The van der Waals surface area contributed by atoms with E-state index in [9.17, 15) is 0 Å². The van der Waals surface area contributed by atoms with Gasteiger partial charge in [0, 0.05) is 33.7 Å². The predicted molar refractivity (Wildman–Crippen MR) is 83.4 cm³/mol. The molecular formula is C16H17BrN2. The van der Waals surface area contributed by atoms with Crippen LogP contribution in [0.3, 0.4) is 0 Å². The average Bonchev–Trinajstić information content (AvgIpc) is 2.42. The molecular weight excluding hydrogens is 300 g/mol. The van der Waals surface area contributed by atoms with Crippen molar-refractivity contribution in [1.29, 1.82) is 0 Å². The highest BCUT2D eigenvalue weighted by Crippen LogP contribution is 2.28. The van der Waals surface area contributed by atoms with Crippen molar-refractivity contribution in [2.24, 2.45) is 11.7 Å². The second kappa shape index (κ2) is 6.02. The summed E-state index contributed by atoms with van der Waals surface area (Å²) in [5, 5.41) is 0. The molecule has 0 unspecified atom stereocenters. The molecule has 3 heteroatoms. The lowest BCUT2D eigenvalue weighted by molar-refractivity contribution is 0.760. The number of nitrogens with two attached hydrogens (primary N) is 1. The van der Waals surface area contributed by atoms with E-state index in [1.807, 2.05) is 30.5 Å². The number of pyridine rings is 1. The highest BCUT2D eigenvalue weighted by molar-refractivity contribution is 9.10. The number of hydrogen-bond donors (Lipinski definition) is 1. The Bertz CT molecular complexity index is 571. The summed E-state index contributed by atoms with van der Waals surface area (Å²) in [7, 11) is 0. The van der Waals surface area contributed by atoms with Gasteiger partial charge in [-0.2, -0.15) is 0 Å². The molecule has 0 bridgehead atoms. The molecule has 1 aromatic carbocycles. The van der Waals surface area contributed by atoms with Gasteiger partial charge in [0.15, 0.2) is 0 Å². The molecule has 0 fully saturated rings. The number of aromatic nitrogens is 1. The van der Waals surface area contributed by atoms with Gasteiger partial charge in [0.25, 0.3) is 0 Å². The third kappa shape index (κ3) is 3.24. The van der Waals surface area contributed by atoms with E-state index in [4.69, 9.17) is 5.73 Å². The molecule has 0 aliphatic heterocycles. The van der Waals surface area contributed by atoms with Crippen LogP contribution in [-0.4, -0.2) is 4.98 Å².